The summed E-state index contributed by atoms with van der Waals surface area (Å²) in [6.07, 6.45) is 2.17. The van der Waals surface area contributed by atoms with E-state index in [-0.39, 0.29) is 0 Å². The molecule has 3 nitrogen and oxygen atoms in total. The first-order valence-electron chi connectivity index (χ1n) is 3.98. The number of ether oxygens (including phenoxy) is 2. The molecule has 0 fully saturated rings. The van der Waals surface area contributed by atoms with Gasteiger partial charge in [-0.25, -0.2) is 0 Å². The largest absolute Gasteiger partial charge is 0.385 e. The summed E-state index contributed by atoms with van der Waals surface area (Å²) in [5.41, 5.74) is 0. The highest BCUT2D eigenvalue weighted by Crippen LogP contribution is 1.90. The summed E-state index contributed by atoms with van der Waals surface area (Å²) < 4.78 is 10.2. The smallest absolute Gasteiger partial charge is 0.0985 e. The fourth-order valence-electron chi connectivity index (χ4n) is 0.698. The Labute approximate surface area is 69.3 Å². The van der Waals surface area contributed by atoms with Gasteiger partial charge in [0.05, 0.1) is 6.73 Å². The van der Waals surface area contributed by atoms with Crippen LogP contribution in [0.15, 0.2) is 0 Å². The Morgan fingerprint density at radius 3 is 2.27 bits per heavy atom. The quantitative estimate of drug-likeness (QED) is 0.410. The average molecular weight is 161 g/mol. The number of hydrogen-bond donors (Lipinski definition) is 0. The van der Waals surface area contributed by atoms with E-state index in [0.29, 0.717) is 6.73 Å². The van der Waals surface area contributed by atoms with Crippen LogP contribution in [0.3, 0.4) is 0 Å². The third-order valence-corrected chi connectivity index (χ3v) is 1.24. The molecular formula is C8H19NO2. The molecule has 0 unspecified atom stereocenters. The summed E-state index contributed by atoms with van der Waals surface area (Å²) in [7, 11) is 5.71. The molecule has 0 aromatic carbocycles. The third kappa shape index (κ3) is 9.88. The van der Waals surface area contributed by atoms with Crippen LogP contribution >= 0.6 is 0 Å². The molecule has 0 aliphatic carbocycles. The molecule has 0 spiro atoms. The van der Waals surface area contributed by atoms with Crippen molar-refractivity contribution in [2.75, 3.05) is 41.1 Å². The lowest BCUT2D eigenvalue weighted by Crippen LogP contribution is -2.16. The van der Waals surface area contributed by atoms with Crippen LogP contribution in [0.5, 0.6) is 0 Å². The van der Waals surface area contributed by atoms with E-state index in [0.717, 1.165) is 26.1 Å². The molecule has 0 aliphatic rings. The van der Waals surface area contributed by atoms with Crippen LogP contribution in [0.25, 0.3) is 0 Å². The van der Waals surface area contributed by atoms with Crippen LogP contribution < -0.4 is 0 Å². The molecular weight excluding hydrogens is 142 g/mol. The molecule has 0 amide bonds. The first-order chi connectivity index (χ1) is 5.27. The molecule has 0 aliphatic heterocycles. The Bertz CT molecular complexity index is 76.5. The van der Waals surface area contributed by atoms with Gasteiger partial charge in [-0.05, 0) is 26.9 Å². The summed E-state index contributed by atoms with van der Waals surface area (Å²) in [5, 5.41) is 0. The summed E-state index contributed by atoms with van der Waals surface area (Å²) in [6.45, 7) is 2.39. The van der Waals surface area contributed by atoms with Crippen molar-refractivity contribution in [2.24, 2.45) is 0 Å². The van der Waals surface area contributed by atoms with Crippen molar-refractivity contribution >= 4 is 0 Å². The van der Waals surface area contributed by atoms with Crippen LogP contribution in [-0.2, 0) is 9.47 Å². The highest BCUT2D eigenvalue weighted by Gasteiger charge is 1.90. The Hall–Kier alpha value is -0.120. The topological polar surface area (TPSA) is 21.7 Å². The molecule has 0 radical (unpaired) electrons. The second-order valence-corrected chi connectivity index (χ2v) is 2.82. The van der Waals surface area contributed by atoms with Crippen molar-refractivity contribution in [3.63, 3.8) is 0 Å². The Balaban J connectivity index is 2.80. The lowest BCUT2D eigenvalue weighted by atomic mass is 10.3. The van der Waals surface area contributed by atoms with Crippen molar-refractivity contribution in [1.29, 1.82) is 0 Å². The highest BCUT2D eigenvalue weighted by atomic mass is 16.5. The normalized spacial score (nSPS) is 10.9. The van der Waals surface area contributed by atoms with Gasteiger partial charge in [0.25, 0.3) is 0 Å². The van der Waals surface area contributed by atoms with Crippen LogP contribution in [-0.4, -0.2) is 46.0 Å². The lowest BCUT2D eigenvalue weighted by molar-refractivity contribution is 0.0508. The van der Waals surface area contributed by atoms with E-state index in [1.54, 1.807) is 7.11 Å². The van der Waals surface area contributed by atoms with Crippen LogP contribution in [0.4, 0.5) is 0 Å². The van der Waals surface area contributed by atoms with Gasteiger partial charge >= 0.3 is 0 Å². The number of unbranched alkanes of at least 4 members (excludes halogenated alkanes) is 1. The van der Waals surface area contributed by atoms with Gasteiger partial charge in [0, 0.05) is 20.3 Å². The lowest BCUT2D eigenvalue weighted by Gasteiger charge is -2.09. The molecule has 0 aromatic heterocycles. The van der Waals surface area contributed by atoms with Gasteiger partial charge in [-0.3, -0.25) is 4.90 Å². The number of nitrogens with zero attached hydrogens (tertiary/aromatic N) is 1. The fraction of sp³-hybridized carbons (Fsp3) is 1.00. The summed E-state index contributed by atoms with van der Waals surface area (Å²) >= 11 is 0. The molecule has 0 aromatic rings. The van der Waals surface area contributed by atoms with E-state index in [2.05, 4.69) is 0 Å². The second kappa shape index (κ2) is 7.98. The minimum atomic E-state index is 0.715. The molecule has 0 saturated carbocycles. The van der Waals surface area contributed by atoms with E-state index in [1.807, 2.05) is 19.0 Å². The van der Waals surface area contributed by atoms with Crippen molar-refractivity contribution in [3.8, 4) is 0 Å². The Morgan fingerprint density at radius 2 is 1.73 bits per heavy atom. The highest BCUT2D eigenvalue weighted by molar-refractivity contribution is 4.36. The maximum absolute atomic E-state index is 5.31. The van der Waals surface area contributed by atoms with Crippen LogP contribution in [0, 0.1) is 0 Å². The summed E-state index contributed by atoms with van der Waals surface area (Å²) in [6, 6.07) is 0. The third-order valence-electron chi connectivity index (χ3n) is 1.24. The van der Waals surface area contributed by atoms with Gasteiger partial charge in [0.1, 0.15) is 0 Å². The zero-order valence-electron chi connectivity index (χ0n) is 7.80. The van der Waals surface area contributed by atoms with Gasteiger partial charge in [-0.1, -0.05) is 0 Å². The molecule has 0 saturated heterocycles. The summed E-state index contributed by atoms with van der Waals surface area (Å²) in [4.78, 5) is 2.01. The first-order valence-corrected chi connectivity index (χ1v) is 3.98. The van der Waals surface area contributed by atoms with Crippen LogP contribution in [0.2, 0.25) is 0 Å². The first kappa shape index (κ1) is 10.9. The maximum Gasteiger partial charge on any atom is 0.0985 e. The predicted octanol–water partition coefficient (Wildman–Crippen LogP) is 0.949. The minimum Gasteiger partial charge on any atom is -0.385 e. The zero-order chi connectivity index (χ0) is 8.53. The van der Waals surface area contributed by atoms with E-state index in [9.17, 15) is 0 Å². The molecule has 11 heavy (non-hydrogen) atoms. The number of hydrogen-bond acceptors (Lipinski definition) is 3. The van der Waals surface area contributed by atoms with Gasteiger partial charge in [-0.2, -0.15) is 0 Å². The molecule has 0 heterocycles. The Morgan fingerprint density at radius 1 is 1.09 bits per heavy atom. The molecule has 0 rings (SSSR count). The molecule has 0 atom stereocenters. The van der Waals surface area contributed by atoms with E-state index >= 15 is 0 Å². The monoisotopic (exact) mass is 161 g/mol. The van der Waals surface area contributed by atoms with Gasteiger partial charge in [-0.15, -0.1) is 0 Å². The predicted molar refractivity (Wildman–Crippen MR) is 45.6 cm³/mol. The molecule has 0 bridgehead atoms. The van der Waals surface area contributed by atoms with E-state index in [4.69, 9.17) is 9.47 Å². The van der Waals surface area contributed by atoms with Gasteiger partial charge in [0.15, 0.2) is 0 Å². The van der Waals surface area contributed by atoms with E-state index in [1.165, 1.54) is 0 Å². The average Bonchev–Trinajstić information content (AvgIpc) is 1.96. The zero-order valence-corrected chi connectivity index (χ0v) is 7.80. The second-order valence-electron chi connectivity index (χ2n) is 2.82. The molecule has 3 heteroatoms. The van der Waals surface area contributed by atoms with Crippen molar-refractivity contribution in [2.45, 2.75) is 12.8 Å². The number of methoxy groups -OCH3 is 1. The van der Waals surface area contributed by atoms with Crippen molar-refractivity contribution in [3.05, 3.63) is 0 Å². The number of rotatable bonds is 7. The minimum absolute atomic E-state index is 0.715. The van der Waals surface area contributed by atoms with Gasteiger partial charge in [0.2, 0.25) is 0 Å². The van der Waals surface area contributed by atoms with Gasteiger partial charge < -0.3 is 9.47 Å². The fourth-order valence-corrected chi connectivity index (χ4v) is 0.698. The Kier molecular flexibility index (Phi) is 7.89. The molecule has 68 valence electrons. The van der Waals surface area contributed by atoms with Crippen LogP contribution in [0.1, 0.15) is 12.8 Å². The molecule has 0 N–H and O–H groups in total. The van der Waals surface area contributed by atoms with Crippen molar-refractivity contribution in [1.82, 2.24) is 4.90 Å². The van der Waals surface area contributed by atoms with Crippen molar-refractivity contribution < 1.29 is 9.47 Å². The van der Waals surface area contributed by atoms with E-state index < -0.39 is 0 Å². The SMILES string of the molecule is COCCCCOCN(C)C. The maximum atomic E-state index is 5.31. The standard InChI is InChI=1S/C8H19NO2/c1-9(2)8-11-7-5-4-6-10-3/h4-8H2,1-3H3. The summed E-state index contributed by atoms with van der Waals surface area (Å²) in [5.74, 6) is 0.